The second-order valence-corrected chi connectivity index (χ2v) is 10.9. The first kappa shape index (κ1) is 31.5. The Bertz CT molecular complexity index is 863. The van der Waals surface area contributed by atoms with Crippen LogP contribution in [0.3, 0.4) is 0 Å². The van der Waals surface area contributed by atoms with Gasteiger partial charge in [0.2, 0.25) is 11.8 Å². The Balaban J connectivity index is 3.40. The molecule has 0 aliphatic rings. The van der Waals surface area contributed by atoms with Crippen LogP contribution < -0.4 is 10.6 Å². The third-order valence-electron chi connectivity index (χ3n) is 6.25. The average molecular weight is 504 g/mol. The predicted molar refractivity (Wildman–Crippen MR) is 146 cm³/mol. The summed E-state index contributed by atoms with van der Waals surface area (Å²) < 4.78 is 5.36. The van der Waals surface area contributed by atoms with Crippen molar-refractivity contribution < 1.29 is 19.1 Å². The number of alkyl carbamates (subject to hydrolysis) is 1. The van der Waals surface area contributed by atoms with E-state index in [-0.39, 0.29) is 17.9 Å². The number of benzene rings is 1. The first-order valence-corrected chi connectivity index (χ1v) is 13.5. The SMILES string of the molecule is CCCCCCN(C(=O)C(C)NC(=O)OC(C)(C)C)C(C(=O)NC(C)CCC)c1cccc(C)c1C. The molecule has 204 valence electrons. The van der Waals surface area contributed by atoms with Gasteiger partial charge in [0, 0.05) is 12.6 Å². The van der Waals surface area contributed by atoms with E-state index in [0.29, 0.717) is 6.54 Å². The molecule has 3 amide bonds. The van der Waals surface area contributed by atoms with E-state index < -0.39 is 23.8 Å². The minimum Gasteiger partial charge on any atom is -0.444 e. The van der Waals surface area contributed by atoms with Crippen LogP contribution in [-0.2, 0) is 14.3 Å². The monoisotopic (exact) mass is 503 g/mol. The number of carbonyl (C=O) groups excluding carboxylic acids is 3. The molecule has 2 N–H and O–H groups in total. The van der Waals surface area contributed by atoms with E-state index in [1.807, 2.05) is 39.0 Å². The number of hydrogen-bond donors (Lipinski definition) is 2. The minimum atomic E-state index is -0.848. The molecule has 0 saturated heterocycles. The molecule has 0 radical (unpaired) electrons. The fourth-order valence-corrected chi connectivity index (χ4v) is 4.22. The Labute approximate surface area is 218 Å². The maximum Gasteiger partial charge on any atom is 0.408 e. The van der Waals surface area contributed by atoms with Crippen molar-refractivity contribution in [2.75, 3.05) is 6.54 Å². The zero-order valence-electron chi connectivity index (χ0n) is 24.0. The standard InChI is InChI=1S/C29H49N3O4/c1-10-12-13-14-19-32(27(34)23(6)31-28(35)36-29(7,8)9)25(26(33)30-21(4)16-11-2)24-18-15-17-20(3)22(24)5/h15,17-18,21,23,25H,10-14,16,19H2,1-9H3,(H,30,33)(H,31,35). The quantitative estimate of drug-likeness (QED) is 0.325. The van der Waals surface area contributed by atoms with Crippen molar-refractivity contribution in [1.82, 2.24) is 15.5 Å². The van der Waals surface area contributed by atoms with Gasteiger partial charge in [-0.1, -0.05) is 57.7 Å². The molecule has 1 rings (SSSR count). The molecule has 3 unspecified atom stereocenters. The largest absolute Gasteiger partial charge is 0.444 e. The number of unbranched alkanes of at least 4 members (excludes halogenated alkanes) is 3. The van der Waals surface area contributed by atoms with E-state index in [9.17, 15) is 14.4 Å². The highest BCUT2D eigenvalue weighted by Gasteiger charge is 2.35. The molecule has 0 fully saturated rings. The van der Waals surface area contributed by atoms with Crippen molar-refractivity contribution in [3.05, 3.63) is 34.9 Å². The van der Waals surface area contributed by atoms with E-state index in [0.717, 1.165) is 55.2 Å². The van der Waals surface area contributed by atoms with Crippen molar-refractivity contribution in [2.45, 2.75) is 125 Å². The highest BCUT2D eigenvalue weighted by molar-refractivity contribution is 5.92. The van der Waals surface area contributed by atoms with Crippen molar-refractivity contribution in [3.8, 4) is 0 Å². The smallest absolute Gasteiger partial charge is 0.408 e. The second-order valence-electron chi connectivity index (χ2n) is 10.9. The van der Waals surface area contributed by atoms with Crippen molar-refractivity contribution in [1.29, 1.82) is 0 Å². The lowest BCUT2D eigenvalue weighted by molar-refractivity contribution is -0.142. The van der Waals surface area contributed by atoms with Crippen molar-refractivity contribution in [3.63, 3.8) is 0 Å². The maximum atomic E-state index is 13.8. The number of hydrogen-bond acceptors (Lipinski definition) is 4. The Morgan fingerprint density at radius 1 is 0.972 bits per heavy atom. The lowest BCUT2D eigenvalue weighted by Crippen LogP contribution is -2.53. The first-order chi connectivity index (χ1) is 16.8. The van der Waals surface area contributed by atoms with Crippen molar-refractivity contribution >= 4 is 17.9 Å². The molecule has 0 aliphatic carbocycles. The van der Waals surface area contributed by atoms with Crippen molar-refractivity contribution in [2.24, 2.45) is 0 Å². The predicted octanol–water partition coefficient (Wildman–Crippen LogP) is 5.97. The maximum absolute atomic E-state index is 13.8. The van der Waals surface area contributed by atoms with Crippen LogP contribution in [0.2, 0.25) is 0 Å². The van der Waals surface area contributed by atoms with Gasteiger partial charge >= 0.3 is 6.09 Å². The molecule has 0 aliphatic heterocycles. The van der Waals surface area contributed by atoms with Crippen LogP contribution in [0.15, 0.2) is 18.2 Å². The fraction of sp³-hybridized carbons (Fsp3) is 0.690. The normalized spacial score (nSPS) is 13.9. The zero-order valence-corrected chi connectivity index (χ0v) is 24.0. The number of rotatable bonds is 13. The number of nitrogens with one attached hydrogen (secondary N) is 2. The Kier molecular flexibility index (Phi) is 13.0. The van der Waals surface area contributed by atoms with Gasteiger partial charge in [-0.3, -0.25) is 9.59 Å². The summed E-state index contributed by atoms with van der Waals surface area (Å²) in [6, 6.07) is 4.21. The third-order valence-corrected chi connectivity index (χ3v) is 6.25. The molecule has 0 heterocycles. The van der Waals surface area contributed by atoms with Crippen LogP contribution >= 0.6 is 0 Å². The zero-order chi connectivity index (χ0) is 27.5. The number of carbonyl (C=O) groups is 3. The Morgan fingerprint density at radius 2 is 1.64 bits per heavy atom. The number of amides is 3. The molecular formula is C29H49N3O4. The van der Waals surface area contributed by atoms with Crippen LogP contribution in [0, 0.1) is 13.8 Å². The van der Waals surface area contributed by atoms with Gasteiger partial charge < -0.3 is 20.3 Å². The highest BCUT2D eigenvalue weighted by Crippen LogP contribution is 2.28. The Hall–Kier alpha value is -2.57. The van der Waals surface area contributed by atoms with E-state index in [4.69, 9.17) is 4.74 Å². The summed E-state index contributed by atoms with van der Waals surface area (Å²) in [5.74, 6) is -0.500. The molecule has 7 nitrogen and oxygen atoms in total. The van der Waals surface area contributed by atoms with Crippen LogP contribution in [-0.4, -0.2) is 47.0 Å². The van der Waals surface area contributed by atoms with Gasteiger partial charge in [0.05, 0.1) is 0 Å². The number of nitrogens with zero attached hydrogens (tertiary/aromatic N) is 1. The molecule has 36 heavy (non-hydrogen) atoms. The lowest BCUT2D eigenvalue weighted by Gasteiger charge is -2.35. The minimum absolute atomic E-state index is 0.00975. The second kappa shape index (κ2) is 14.9. The summed E-state index contributed by atoms with van der Waals surface area (Å²) in [6.07, 6.45) is 5.01. The Morgan fingerprint density at radius 3 is 2.22 bits per heavy atom. The van der Waals surface area contributed by atoms with E-state index in [1.165, 1.54) is 0 Å². The summed E-state index contributed by atoms with van der Waals surface area (Å²) in [4.78, 5) is 41.6. The van der Waals surface area contributed by atoms with Crippen LogP contribution in [0.4, 0.5) is 4.79 Å². The molecular weight excluding hydrogens is 454 g/mol. The summed E-state index contributed by atoms with van der Waals surface area (Å²) in [5, 5.41) is 5.80. The van der Waals surface area contributed by atoms with Gasteiger partial charge in [-0.25, -0.2) is 4.79 Å². The summed E-state index contributed by atoms with van der Waals surface area (Å²) in [5.41, 5.74) is 2.18. The molecule has 1 aromatic rings. The van der Waals surface area contributed by atoms with Gasteiger partial charge in [0.25, 0.3) is 0 Å². The first-order valence-electron chi connectivity index (χ1n) is 13.5. The van der Waals surface area contributed by atoms with Crippen LogP contribution in [0.1, 0.15) is 110 Å². The average Bonchev–Trinajstić information content (AvgIpc) is 2.76. The third kappa shape index (κ3) is 10.2. The fourth-order valence-electron chi connectivity index (χ4n) is 4.22. The van der Waals surface area contributed by atoms with Gasteiger partial charge in [0.15, 0.2) is 0 Å². The van der Waals surface area contributed by atoms with Crippen LogP contribution in [0.5, 0.6) is 0 Å². The van der Waals surface area contributed by atoms with E-state index >= 15 is 0 Å². The number of ether oxygens (including phenoxy) is 1. The number of aryl methyl sites for hydroxylation is 1. The topological polar surface area (TPSA) is 87.7 Å². The van der Waals surface area contributed by atoms with Gasteiger partial charge in [-0.05, 0) is 78.0 Å². The van der Waals surface area contributed by atoms with Gasteiger partial charge in [-0.2, -0.15) is 0 Å². The summed E-state index contributed by atoms with van der Waals surface area (Å²) in [6.45, 7) is 17.6. The molecule has 0 bridgehead atoms. The molecule has 0 saturated carbocycles. The highest BCUT2D eigenvalue weighted by atomic mass is 16.6. The molecule has 0 spiro atoms. The van der Waals surface area contributed by atoms with E-state index in [2.05, 4.69) is 24.5 Å². The molecule has 7 heteroatoms. The molecule has 3 atom stereocenters. The molecule has 1 aromatic carbocycles. The van der Waals surface area contributed by atoms with E-state index in [1.54, 1.807) is 32.6 Å². The van der Waals surface area contributed by atoms with Gasteiger partial charge in [-0.15, -0.1) is 0 Å². The molecule has 0 aromatic heterocycles. The summed E-state index contributed by atoms with van der Waals surface area (Å²) >= 11 is 0. The lowest BCUT2D eigenvalue weighted by atomic mass is 9.94. The summed E-state index contributed by atoms with van der Waals surface area (Å²) in [7, 11) is 0. The van der Waals surface area contributed by atoms with Crippen LogP contribution in [0.25, 0.3) is 0 Å². The van der Waals surface area contributed by atoms with Gasteiger partial charge in [0.1, 0.15) is 17.7 Å².